The minimum atomic E-state index is 1.12. The van der Waals surface area contributed by atoms with E-state index in [-0.39, 0.29) is 0 Å². The quantitative estimate of drug-likeness (QED) is 0.262. The summed E-state index contributed by atoms with van der Waals surface area (Å²) in [4.78, 5) is 3.60. The van der Waals surface area contributed by atoms with Crippen LogP contribution in [-0.2, 0) is 0 Å². The maximum absolute atomic E-state index is 3.60. The van der Waals surface area contributed by atoms with E-state index in [9.17, 15) is 0 Å². The highest BCUT2D eigenvalue weighted by Gasteiger charge is 2.10. The molecule has 0 saturated carbocycles. The summed E-state index contributed by atoms with van der Waals surface area (Å²) < 4.78 is 0. The Bertz CT molecular complexity index is 1780. The molecule has 0 amide bonds. The van der Waals surface area contributed by atoms with Crippen molar-refractivity contribution in [3.05, 3.63) is 139 Å². The maximum atomic E-state index is 3.60. The zero-order valence-electron chi connectivity index (χ0n) is 20.6. The number of hydrogen-bond acceptors (Lipinski definition) is 0. The Balaban J connectivity index is 1.24. The van der Waals surface area contributed by atoms with Crippen LogP contribution in [0.25, 0.3) is 60.8 Å². The third-order valence-electron chi connectivity index (χ3n) is 7.53. The smallest absolute Gasteiger partial charge is 0.0465 e. The van der Waals surface area contributed by atoms with Crippen LogP contribution in [0.2, 0.25) is 0 Å². The molecule has 0 radical (unpaired) electrons. The molecule has 0 fully saturated rings. The molecule has 1 heterocycles. The Morgan fingerprint density at radius 3 is 1.49 bits per heavy atom. The van der Waals surface area contributed by atoms with Gasteiger partial charge in [-0.3, -0.25) is 0 Å². The fourth-order valence-corrected chi connectivity index (χ4v) is 5.46. The number of hydrogen-bond donors (Lipinski definition) is 1. The van der Waals surface area contributed by atoms with E-state index in [1.54, 1.807) is 0 Å². The van der Waals surface area contributed by atoms with Gasteiger partial charge >= 0.3 is 0 Å². The summed E-state index contributed by atoms with van der Waals surface area (Å²) in [6, 6.07) is 41.9. The average molecular weight is 474 g/mol. The van der Waals surface area contributed by atoms with Gasteiger partial charge in [-0.1, -0.05) is 109 Å². The molecule has 6 aromatic rings. The van der Waals surface area contributed by atoms with Gasteiger partial charge < -0.3 is 4.98 Å². The highest BCUT2D eigenvalue weighted by Crippen LogP contribution is 2.34. The molecule has 0 spiro atoms. The largest absolute Gasteiger partial charge is 0.355 e. The van der Waals surface area contributed by atoms with Crippen LogP contribution in [0, 0.1) is 0 Å². The van der Waals surface area contributed by atoms with Gasteiger partial charge in [0.1, 0.15) is 0 Å². The summed E-state index contributed by atoms with van der Waals surface area (Å²) in [7, 11) is 0. The van der Waals surface area contributed by atoms with Crippen molar-refractivity contribution in [1.82, 2.24) is 4.98 Å². The number of aromatic amines is 1. The molecule has 0 aliphatic heterocycles. The van der Waals surface area contributed by atoms with E-state index in [1.807, 2.05) is 0 Å². The first-order valence-corrected chi connectivity index (χ1v) is 13.0. The summed E-state index contributed by atoms with van der Waals surface area (Å²) in [6.07, 6.45) is 8.89. The van der Waals surface area contributed by atoms with Crippen LogP contribution in [0.3, 0.4) is 0 Å². The second-order valence-electron chi connectivity index (χ2n) is 9.83. The third kappa shape index (κ3) is 4.09. The maximum Gasteiger partial charge on any atom is 0.0465 e. The number of aromatic nitrogens is 1. The summed E-state index contributed by atoms with van der Waals surface area (Å²) in [6.45, 7) is 0. The van der Waals surface area contributed by atoms with E-state index in [2.05, 4.69) is 138 Å². The molecule has 1 heteroatoms. The van der Waals surface area contributed by atoms with Crippen LogP contribution in [0.5, 0.6) is 0 Å². The Kier molecular flexibility index (Phi) is 5.33. The van der Waals surface area contributed by atoms with Gasteiger partial charge in [0.05, 0.1) is 0 Å². The highest BCUT2D eigenvalue weighted by molar-refractivity contribution is 6.09. The molecule has 176 valence electrons. The fourth-order valence-electron chi connectivity index (χ4n) is 5.46. The van der Waals surface area contributed by atoms with Crippen molar-refractivity contribution in [3.8, 4) is 33.4 Å². The van der Waals surface area contributed by atoms with Crippen molar-refractivity contribution in [2.45, 2.75) is 12.8 Å². The molecule has 7 rings (SSSR count). The van der Waals surface area contributed by atoms with Crippen molar-refractivity contribution in [1.29, 1.82) is 0 Å². The molecule has 0 bridgehead atoms. The lowest BCUT2D eigenvalue weighted by Gasteiger charge is -2.10. The number of H-pyrrole nitrogens is 1. The zero-order valence-corrected chi connectivity index (χ0v) is 20.6. The predicted octanol–water partition coefficient (Wildman–Crippen LogP) is 10.1. The molecule has 1 nitrogen and oxygen atoms in total. The molecule has 1 aliphatic rings. The van der Waals surface area contributed by atoms with Crippen molar-refractivity contribution >= 4 is 27.4 Å². The Morgan fingerprint density at radius 1 is 0.459 bits per heavy atom. The van der Waals surface area contributed by atoms with Crippen LogP contribution >= 0.6 is 0 Å². The van der Waals surface area contributed by atoms with E-state index in [1.165, 1.54) is 66.3 Å². The molecule has 0 saturated heterocycles. The van der Waals surface area contributed by atoms with E-state index < -0.39 is 0 Å². The Hall–Kier alpha value is -4.62. The Morgan fingerprint density at radius 2 is 0.946 bits per heavy atom. The average Bonchev–Trinajstić information content (AvgIpc) is 3.35. The van der Waals surface area contributed by atoms with Crippen molar-refractivity contribution in [3.63, 3.8) is 0 Å². The van der Waals surface area contributed by atoms with Gasteiger partial charge in [0.2, 0.25) is 0 Å². The molecule has 1 N–H and O–H groups in total. The molecular weight excluding hydrogens is 446 g/mol. The van der Waals surface area contributed by atoms with Crippen molar-refractivity contribution in [2.24, 2.45) is 0 Å². The Labute approximate surface area is 217 Å². The molecule has 1 aromatic heterocycles. The minimum absolute atomic E-state index is 1.12. The van der Waals surface area contributed by atoms with Gasteiger partial charge in [-0.2, -0.15) is 0 Å². The number of nitrogens with one attached hydrogen (secondary N) is 1. The third-order valence-corrected chi connectivity index (χ3v) is 7.53. The number of rotatable bonds is 4. The summed E-state index contributed by atoms with van der Waals surface area (Å²) in [5, 5.41) is 2.52. The number of fused-ring (bicyclic) bond motifs is 3. The van der Waals surface area contributed by atoms with Crippen LogP contribution in [0.4, 0.5) is 0 Å². The normalized spacial score (nSPS) is 13.2. The SMILES string of the molecule is C1=CCCC(c2ccc(-c3ccc4[nH]c5ccc(-c6ccc(-c7ccccc7)cc6)cc5c4c3)cc2)=C1. The summed E-state index contributed by atoms with van der Waals surface area (Å²) in [5.41, 5.74) is 12.5. The van der Waals surface area contributed by atoms with Crippen LogP contribution in [0.15, 0.2) is 133 Å². The monoisotopic (exact) mass is 473 g/mol. The van der Waals surface area contributed by atoms with Gasteiger partial charge in [0, 0.05) is 21.8 Å². The minimum Gasteiger partial charge on any atom is -0.355 e. The molecular formula is C36H27N. The van der Waals surface area contributed by atoms with E-state index in [4.69, 9.17) is 0 Å². The van der Waals surface area contributed by atoms with E-state index >= 15 is 0 Å². The molecule has 37 heavy (non-hydrogen) atoms. The molecule has 5 aromatic carbocycles. The molecule has 0 unspecified atom stereocenters. The topological polar surface area (TPSA) is 15.8 Å². The van der Waals surface area contributed by atoms with Crippen LogP contribution in [-0.4, -0.2) is 4.98 Å². The van der Waals surface area contributed by atoms with Crippen molar-refractivity contribution < 1.29 is 0 Å². The highest BCUT2D eigenvalue weighted by atomic mass is 14.7. The number of allylic oxidation sites excluding steroid dienone is 4. The van der Waals surface area contributed by atoms with E-state index in [0.717, 1.165) is 12.8 Å². The first kappa shape index (κ1) is 21.6. The fraction of sp³-hybridized carbons (Fsp3) is 0.0556. The van der Waals surface area contributed by atoms with Gasteiger partial charge in [-0.05, 0) is 81.6 Å². The summed E-state index contributed by atoms with van der Waals surface area (Å²) in [5.74, 6) is 0. The van der Waals surface area contributed by atoms with Gasteiger partial charge in [0.25, 0.3) is 0 Å². The van der Waals surface area contributed by atoms with E-state index in [0.29, 0.717) is 0 Å². The van der Waals surface area contributed by atoms with Gasteiger partial charge in [-0.15, -0.1) is 0 Å². The second-order valence-corrected chi connectivity index (χ2v) is 9.83. The lowest BCUT2D eigenvalue weighted by Crippen LogP contribution is -1.88. The van der Waals surface area contributed by atoms with Gasteiger partial charge in [0.15, 0.2) is 0 Å². The van der Waals surface area contributed by atoms with Crippen LogP contribution < -0.4 is 0 Å². The standard InChI is InChI=1S/C36H27N/c1-3-7-25(8-4-1)27-11-15-29(16-12-27)31-19-21-35-33(23-31)34-24-32(20-22-36(34)37-35)30-17-13-28(14-18-30)26-9-5-2-6-10-26/h1-5,7-9,11-24,37H,6,10H2. The lowest BCUT2D eigenvalue weighted by atomic mass is 9.95. The molecule has 1 aliphatic carbocycles. The second kappa shape index (κ2) is 9.11. The van der Waals surface area contributed by atoms with Crippen molar-refractivity contribution in [2.75, 3.05) is 0 Å². The molecule has 0 atom stereocenters. The first-order valence-electron chi connectivity index (χ1n) is 13.0. The zero-order chi connectivity index (χ0) is 24.6. The first-order chi connectivity index (χ1) is 18.3. The van der Waals surface area contributed by atoms with Crippen LogP contribution in [0.1, 0.15) is 18.4 Å². The lowest BCUT2D eigenvalue weighted by molar-refractivity contribution is 1.05. The number of benzene rings is 5. The van der Waals surface area contributed by atoms with Gasteiger partial charge in [-0.25, -0.2) is 0 Å². The summed E-state index contributed by atoms with van der Waals surface area (Å²) >= 11 is 0. The predicted molar refractivity (Wildman–Crippen MR) is 158 cm³/mol.